The van der Waals surface area contributed by atoms with Crippen LogP contribution in [0.1, 0.15) is 72.1 Å². The number of cyclic esters (lactones) is 1. The fourth-order valence-electron chi connectivity index (χ4n) is 9.36. The molecule has 2 heterocycles. The minimum Gasteiger partial charge on any atom is -0.458 e. The first-order chi connectivity index (χ1) is 17.1. The molecule has 0 saturated heterocycles. The lowest BCUT2D eigenvalue weighted by Gasteiger charge is -2.65. The van der Waals surface area contributed by atoms with E-state index in [1.54, 1.807) is 25.2 Å². The van der Waals surface area contributed by atoms with Gasteiger partial charge in [-0.25, -0.2) is 4.79 Å². The zero-order valence-electron chi connectivity index (χ0n) is 21.7. The molecule has 2 aliphatic heterocycles. The van der Waals surface area contributed by atoms with E-state index < -0.39 is 29.5 Å². The number of hydrogen-bond acceptors (Lipinski definition) is 7. The van der Waals surface area contributed by atoms with Gasteiger partial charge in [0.15, 0.2) is 12.1 Å². The first kappa shape index (κ1) is 24.8. The van der Waals surface area contributed by atoms with E-state index in [1.807, 2.05) is 0 Å². The third-order valence-electron chi connectivity index (χ3n) is 11.5. The van der Waals surface area contributed by atoms with Crippen molar-refractivity contribution in [3.05, 3.63) is 23.8 Å². The number of carbonyl (C=O) groups excluding carboxylic acids is 2. The van der Waals surface area contributed by atoms with Crippen LogP contribution < -0.4 is 0 Å². The monoisotopic (exact) mass is 500 g/mol. The molecule has 4 fully saturated rings. The molecule has 0 aromatic rings. The van der Waals surface area contributed by atoms with Gasteiger partial charge in [0, 0.05) is 11.5 Å². The SMILES string of the molecule is C[C@@H]1O[C@@H](O[C@H]2CC[C@@]3(C)[C@H](CC[C@@H]4[C@@H]3C[C@@H](O)[C@]3(C)[C@@H](C5=CC(=O)OC5)CC[C@]43O)C2)C=CC1=O. The Kier molecular flexibility index (Phi) is 5.84. The molecular weight excluding hydrogens is 460 g/mol. The molecule has 198 valence electrons. The zero-order chi connectivity index (χ0) is 25.5. The van der Waals surface area contributed by atoms with Crippen molar-refractivity contribution < 1.29 is 34.0 Å². The Labute approximate surface area is 213 Å². The number of hydrogen-bond donors (Lipinski definition) is 2. The zero-order valence-corrected chi connectivity index (χ0v) is 21.7. The number of aliphatic hydroxyl groups is 2. The van der Waals surface area contributed by atoms with Crippen LogP contribution in [0.3, 0.4) is 0 Å². The fraction of sp³-hybridized carbons (Fsp3) is 0.793. The van der Waals surface area contributed by atoms with Crippen LogP contribution in [0.5, 0.6) is 0 Å². The average molecular weight is 501 g/mol. The van der Waals surface area contributed by atoms with Crippen LogP contribution >= 0.6 is 0 Å². The number of rotatable bonds is 3. The normalized spacial score (nSPS) is 52.3. The molecule has 6 rings (SSSR count). The van der Waals surface area contributed by atoms with E-state index >= 15 is 0 Å². The quantitative estimate of drug-likeness (QED) is 0.572. The number of ether oxygens (including phenoxy) is 3. The van der Waals surface area contributed by atoms with Gasteiger partial charge in [0.25, 0.3) is 0 Å². The highest BCUT2D eigenvalue weighted by atomic mass is 16.7. The number of ketones is 1. The molecule has 0 unspecified atom stereocenters. The lowest BCUT2D eigenvalue weighted by Crippen LogP contribution is -2.67. The van der Waals surface area contributed by atoms with Gasteiger partial charge in [-0.15, -0.1) is 0 Å². The molecule has 7 nitrogen and oxygen atoms in total. The van der Waals surface area contributed by atoms with Crippen molar-refractivity contribution >= 4 is 11.8 Å². The van der Waals surface area contributed by atoms with Crippen LogP contribution in [0.15, 0.2) is 23.8 Å². The van der Waals surface area contributed by atoms with Crippen LogP contribution in [-0.4, -0.2) is 58.8 Å². The largest absolute Gasteiger partial charge is 0.458 e. The number of esters is 1. The first-order valence-corrected chi connectivity index (χ1v) is 13.9. The molecule has 4 aliphatic carbocycles. The third-order valence-corrected chi connectivity index (χ3v) is 11.5. The summed E-state index contributed by atoms with van der Waals surface area (Å²) in [6, 6.07) is 0. The molecule has 4 saturated carbocycles. The molecule has 0 bridgehead atoms. The summed E-state index contributed by atoms with van der Waals surface area (Å²) in [6.45, 7) is 6.47. The summed E-state index contributed by atoms with van der Waals surface area (Å²) in [6.07, 6.45) is 10.3. The van der Waals surface area contributed by atoms with Crippen molar-refractivity contribution in [2.75, 3.05) is 6.61 Å². The molecule has 11 atom stereocenters. The molecule has 0 spiro atoms. The van der Waals surface area contributed by atoms with E-state index in [1.165, 1.54) is 0 Å². The Morgan fingerprint density at radius 1 is 1.06 bits per heavy atom. The predicted octanol–water partition coefficient (Wildman–Crippen LogP) is 3.47. The number of fused-ring (bicyclic) bond motifs is 5. The van der Waals surface area contributed by atoms with Crippen molar-refractivity contribution in [3.63, 3.8) is 0 Å². The van der Waals surface area contributed by atoms with Gasteiger partial charge in [-0.2, -0.15) is 0 Å². The van der Waals surface area contributed by atoms with E-state index in [0.717, 1.165) is 44.1 Å². The predicted molar refractivity (Wildman–Crippen MR) is 130 cm³/mol. The van der Waals surface area contributed by atoms with E-state index in [4.69, 9.17) is 14.2 Å². The second-order valence-electron chi connectivity index (χ2n) is 12.8. The van der Waals surface area contributed by atoms with Crippen LogP contribution in [-0.2, 0) is 23.8 Å². The standard InChI is InChI=1S/C29H40O7/c1-16-23(30)6-7-26(35-16)36-19-8-10-27(2)18(13-19)4-5-21-22(27)14-24(31)28(3)20(9-11-29(21,28)33)17-12-25(32)34-15-17/h6-7,12,16,18-22,24,26,31,33H,4-5,8-11,13-15H2,1-3H3/t16-,18+,19-,20+,21+,22-,24+,26-,27-,28-,29-/m0/s1. The summed E-state index contributed by atoms with van der Waals surface area (Å²) in [5.41, 5.74) is -0.645. The Hall–Kier alpha value is -1.54. The molecule has 0 aromatic heterocycles. The lowest BCUT2D eigenvalue weighted by atomic mass is 9.42. The Morgan fingerprint density at radius 3 is 2.58 bits per heavy atom. The van der Waals surface area contributed by atoms with Crippen LogP contribution in [0.25, 0.3) is 0 Å². The van der Waals surface area contributed by atoms with Gasteiger partial charge in [0.1, 0.15) is 12.7 Å². The minimum absolute atomic E-state index is 0.0253. The van der Waals surface area contributed by atoms with E-state index in [2.05, 4.69) is 13.8 Å². The van der Waals surface area contributed by atoms with Gasteiger partial charge in [0.05, 0.1) is 17.8 Å². The van der Waals surface area contributed by atoms with Crippen LogP contribution in [0.4, 0.5) is 0 Å². The average Bonchev–Trinajstić information content (AvgIpc) is 3.38. The van der Waals surface area contributed by atoms with E-state index in [0.29, 0.717) is 18.8 Å². The topological polar surface area (TPSA) is 102 Å². The molecule has 7 heteroatoms. The Morgan fingerprint density at radius 2 is 1.86 bits per heavy atom. The summed E-state index contributed by atoms with van der Waals surface area (Å²) in [5, 5.41) is 24.0. The molecule has 2 N–H and O–H groups in total. The minimum atomic E-state index is -0.947. The van der Waals surface area contributed by atoms with E-state index in [-0.39, 0.29) is 47.6 Å². The molecular formula is C29H40O7. The van der Waals surface area contributed by atoms with Crippen LogP contribution in [0, 0.1) is 34.5 Å². The van der Waals surface area contributed by atoms with Crippen molar-refractivity contribution in [2.45, 2.75) is 102 Å². The Balaban J connectivity index is 1.20. The van der Waals surface area contributed by atoms with Crippen LogP contribution in [0.2, 0.25) is 0 Å². The van der Waals surface area contributed by atoms with Gasteiger partial charge in [0.2, 0.25) is 0 Å². The molecule has 6 aliphatic rings. The summed E-state index contributed by atoms with van der Waals surface area (Å²) < 4.78 is 17.2. The second-order valence-corrected chi connectivity index (χ2v) is 12.8. The maximum absolute atomic E-state index is 12.4. The molecule has 36 heavy (non-hydrogen) atoms. The number of carbonyl (C=O) groups is 2. The van der Waals surface area contributed by atoms with Gasteiger partial charge < -0.3 is 24.4 Å². The highest BCUT2D eigenvalue weighted by Gasteiger charge is 2.70. The highest BCUT2D eigenvalue weighted by molar-refractivity contribution is 5.93. The summed E-state index contributed by atoms with van der Waals surface area (Å²) in [4.78, 5) is 23.5. The smallest absolute Gasteiger partial charge is 0.331 e. The Bertz CT molecular complexity index is 1000. The molecule has 0 amide bonds. The fourth-order valence-corrected chi connectivity index (χ4v) is 9.36. The van der Waals surface area contributed by atoms with Crippen molar-refractivity contribution in [1.82, 2.24) is 0 Å². The first-order valence-electron chi connectivity index (χ1n) is 13.9. The highest BCUT2D eigenvalue weighted by Crippen LogP contribution is 2.70. The van der Waals surface area contributed by atoms with Gasteiger partial charge in [-0.05, 0) is 105 Å². The van der Waals surface area contributed by atoms with Crippen molar-refractivity contribution in [3.8, 4) is 0 Å². The van der Waals surface area contributed by atoms with Crippen molar-refractivity contribution in [2.24, 2.45) is 34.5 Å². The molecule has 0 aromatic carbocycles. The van der Waals surface area contributed by atoms with E-state index in [9.17, 15) is 19.8 Å². The summed E-state index contributed by atoms with van der Waals surface area (Å²) in [5.74, 6) is 0.493. The molecule has 0 radical (unpaired) electrons. The van der Waals surface area contributed by atoms with Gasteiger partial charge in [-0.1, -0.05) is 13.8 Å². The maximum atomic E-state index is 12.4. The van der Waals surface area contributed by atoms with Gasteiger partial charge in [-0.3, -0.25) is 4.79 Å². The van der Waals surface area contributed by atoms with Crippen molar-refractivity contribution in [1.29, 1.82) is 0 Å². The number of aliphatic hydroxyl groups excluding tert-OH is 1. The summed E-state index contributed by atoms with van der Waals surface area (Å²) in [7, 11) is 0. The second kappa shape index (κ2) is 8.48. The summed E-state index contributed by atoms with van der Waals surface area (Å²) >= 11 is 0. The third kappa shape index (κ3) is 3.45. The maximum Gasteiger partial charge on any atom is 0.331 e. The van der Waals surface area contributed by atoms with Gasteiger partial charge >= 0.3 is 5.97 Å². The lowest BCUT2D eigenvalue weighted by molar-refractivity contribution is -0.250.